The Kier molecular flexibility index (Phi) is 7.11. The van der Waals surface area contributed by atoms with Gasteiger partial charge in [0.1, 0.15) is 6.17 Å². The predicted molar refractivity (Wildman–Crippen MR) is 233 cm³/mol. The van der Waals surface area contributed by atoms with Gasteiger partial charge in [-0.25, -0.2) is 10.3 Å². The second kappa shape index (κ2) is 12.6. The number of nitrogens with zero attached hydrogens (tertiary/aromatic N) is 3. The first kappa shape index (κ1) is 32.0. The van der Waals surface area contributed by atoms with Crippen molar-refractivity contribution in [1.82, 2.24) is 14.5 Å². The first-order chi connectivity index (χ1) is 28.3. The van der Waals surface area contributed by atoms with Gasteiger partial charge in [-0.05, 0) is 65.2 Å². The average Bonchev–Trinajstić information content (AvgIpc) is 3.95. The molecule has 0 fully saturated rings. The third-order valence-corrected chi connectivity index (χ3v) is 11.7. The molecule has 0 saturated carbocycles. The van der Waals surface area contributed by atoms with Gasteiger partial charge in [0.15, 0.2) is 11.2 Å². The standard InChI is InChI=1S/C51H35N5O/c1-4-15-32(16-5-1)34-19-14-20-35(31-34)50-52-49(33-17-6-2-7-18-33)53-51(54-50)56-44-26-13-11-24-38(44)40-28-30-42-41-29-27-39-37-23-10-12-25-43(37)55(36-21-8-3-9-22-36)45(39)47(41)57-48(42)46(40)56/h1-31,49,51,53H,(H,52,54)/p+1. The largest absolute Gasteiger partial charge is 0.452 e. The zero-order valence-corrected chi connectivity index (χ0v) is 30.9. The molecule has 4 heterocycles. The lowest BCUT2D eigenvalue weighted by Gasteiger charge is -2.29. The van der Waals surface area contributed by atoms with Crippen LogP contribution in [0.2, 0.25) is 0 Å². The van der Waals surface area contributed by atoms with Gasteiger partial charge < -0.3 is 8.98 Å². The van der Waals surface area contributed by atoms with Gasteiger partial charge in [0.25, 0.3) is 0 Å². The molecule has 3 aromatic heterocycles. The molecule has 11 aromatic rings. The lowest BCUT2D eigenvalue weighted by atomic mass is 10.0. The maximum atomic E-state index is 7.31. The highest BCUT2D eigenvalue weighted by Crippen LogP contribution is 2.44. The summed E-state index contributed by atoms with van der Waals surface area (Å²) in [5.74, 6) is 0.946. The zero-order valence-electron chi connectivity index (χ0n) is 30.9. The van der Waals surface area contributed by atoms with E-state index >= 15 is 0 Å². The molecule has 6 heteroatoms. The number of para-hydroxylation sites is 3. The quantitative estimate of drug-likeness (QED) is 0.185. The molecule has 2 unspecified atom stereocenters. The Morgan fingerprint density at radius 2 is 1.04 bits per heavy atom. The molecular formula is C51H36N5O+. The number of aromatic nitrogens is 2. The predicted octanol–water partition coefficient (Wildman–Crippen LogP) is 11.2. The van der Waals surface area contributed by atoms with Gasteiger partial charge in [-0.3, -0.25) is 9.88 Å². The van der Waals surface area contributed by atoms with Crippen LogP contribution >= 0.6 is 0 Å². The lowest BCUT2D eigenvalue weighted by molar-refractivity contribution is -0.617. The summed E-state index contributed by atoms with van der Waals surface area (Å²) in [5, 5.41) is 13.1. The number of rotatable bonds is 5. The molecule has 1 aliphatic heterocycles. The Morgan fingerprint density at radius 1 is 0.474 bits per heavy atom. The van der Waals surface area contributed by atoms with E-state index in [-0.39, 0.29) is 12.5 Å². The molecular weight excluding hydrogens is 699 g/mol. The number of nitrogens with one attached hydrogen (secondary N) is 1. The molecule has 270 valence electrons. The fourth-order valence-corrected chi connectivity index (χ4v) is 9.15. The fraction of sp³-hybridized carbons (Fsp3) is 0.0392. The fourth-order valence-electron chi connectivity index (χ4n) is 9.15. The molecule has 0 spiro atoms. The molecule has 6 nitrogen and oxygen atoms in total. The SMILES string of the molecule is c1ccc(-c2cccc(C3=NC(c4ccccc4)NC(n4c5ccccc5c5ccc6c7ccc8c9ccccc9n(-c9ccccc9)c8c7oc6c54)[NH2+]3)c2)cc1. The highest BCUT2D eigenvalue weighted by molar-refractivity contribution is 6.26. The summed E-state index contributed by atoms with van der Waals surface area (Å²) in [5.41, 5.74) is 11.8. The monoisotopic (exact) mass is 734 g/mol. The van der Waals surface area contributed by atoms with Crippen LogP contribution in [0.25, 0.3) is 82.4 Å². The van der Waals surface area contributed by atoms with E-state index in [1.165, 1.54) is 21.7 Å². The van der Waals surface area contributed by atoms with Gasteiger partial charge in [-0.2, -0.15) is 0 Å². The van der Waals surface area contributed by atoms with E-state index in [2.05, 4.69) is 208 Å². The minimum atomic E-state index is -0.274. The molecule has 57 heavy (non-hydrogen) atoms. The summed E-state index contributed by atoms with van der Waals surface area (Å²) < 4.78 is 12.1. The Morgan fingerprint density at radius 3 is 1.79 bits per heavy atom. The number of aliphatic imine (C=N–C) groups is 1. The molecule has 0 saturated heterocycles. The molecule has 0 aliphatic carbocycles. The van der Waals surface area contributed by atoms with Gasteiger partial charge in [-0.1, -0.05) is 140 Å². The van der Waals surface area contributed by atoms with Crippen molar-refractivity contribution in [1.29, 1.82) is 0 Å². The minimum absolute atomic E-state index is 0.250. The van der Waals surface area contributed by atoms with Crippen LogP contribution in [0.3, 0.4) is 0 Å². The van der Waals surface area contributed by atoms with Gasteiger partial charge >= 0.3 is 0 Å². The lowest BCUT2D eigenvalue weighted by Crippen LogP contribution is -2.94. The highest BCUT2D eigenvalue weighted by atomic mass is 16.3. The average molecular weight is 735 g/mol. The van der Waals surface area contributed by atoms with E-state index in [1.807, 2.05) is 0 Å². The van der Waals surface area contributed by atoms with Crippen molar-refractivity contribution in [2.24, 2.45) is 4.99 Å². The normalized spacial score (nSPS) is 16.0. The molecule has 12 rings (SSSR count). The van der Waals surface area contributed by atoms with Gasteiger partial charge in [0.2, 0.25) is 12.1 Å². The van der Waals surface area contributed by atoms with Gasteiger partial charge in [0.05, 0.1) is 27.6 Å². The summed E-state index contributed by atoms with van der Waals surface area (Å²) in [6, 6.07) is 66.8. The molecule has 3 N–H and O–H groups in total. The van der Waals surface area contributed by atoms with Gasteiger partial charge in [0, 0.05) is 38.0 Å². The molecule has 8 aromatic carbocycles. The van der Waals surface area contributed by atoms with Crippen LogP contribution in [0.4, 0.5) is 0 Å². The number of fused-ring (bicyclic) bond motifs is 11. The van der Waals surface area contributed by atoms with Crippen molar-refractivity contribution in [2.45, 2.75) is 12.5 Å². The highest BCUT2D eigenvalue weighted by Gasteiger charge is 2.33. The zero-order chi connectivity index (χ0) is 37.5. The van der Waals surface area contributed by atoms with Crippen LogP contribution in [-0.4, -0.2) is 15.0 Å². The van der Waals surface area contributed by atoms with E-state index in [4.69, 9.17) is 9.41 Å². The van der Waals surface area contributed by atoms with E-state index in [9.17, 15) is 0 Å². The van der Waals surface area contributed by atoms with Crippen LogP contribution in [0.5, 0.6) is 0 Å². The topological polar surface area (TPSA) is 64.0 Å². The van der Waals surface area contributed by atoms with E-state index in [0.717, 1.165) is 77.6 Å². The number of nitrogens with two attached hydrogens (primary N) is 1. The number of hydrogen-bond acceptors (Lipinski definition) is 3. The van der Waals surface area contributed by atoms with Crippen molar-refractivity contribution in [2.75, 3.05) is 0 Å². The van der Waals surface area contributed by atoms with Crippen molar-refractivity contribution in [3.63, 3.8) is 0 Å². The summed E-state index contributed by atoms with van der Waals surface area (Å²) in [4.78, 5) is 5.38. The molecule has 0 radical (unpaired) electrons. The third-order valence-electron chi connectivity index (χ3n) is 11.7. The first-order valence-electron chi connectivity index (χ1n) is 19.5. The van der Waals surface area contributed by atoms with Crippen molar-refractivity contribution >= 4 is 71.4 Å². The molecule has 0 amide bonds. The second-order valence-electron chi connectivity index (χ2n) is 14.9. The van der Waals surface area contributed by atoms with Crippen molar-refractivity contribution in [3.8, 4) is 16.8 Å². The summed E-state index contributed by atoms with van der Waals surface area (Å²) in [6.07, 6.45) is -0.524. The van der Waals surface area contributed by atoms with E-state index in [1.54, 1.807) is 0 Å². The van der Waals surface area contributed by atoms with E-state index < -0.39 is 0 Å². The van der Waals surface area contributed by atoms with Gasteiger partial charge in [-0.15, -0.1) is 0 Å². The minimum Gasteiger partial charge on any atom is -0.452 e. The molecule has 1 aliphatic rings. The van der Waals surface area contributed by atoms with E-state index in [0.29, 0.717) is 0 Å². The Balaban J connectivity index is 1.11. The van der Waals surface area contributed by atoms with Crippen LogP contribution in [0.1, 0.15) is 23.6 Å². The molecule has 0 bridgehead atoms. The summed E-state index contributed by atoms with van der Waals surface area (Å²) in [6.45, 7) is 0. The van der Waals surface area contributed by atoms with Crippen LogP contribution in [0, 0.1) is 0 Å². The third kappa shape index (κ3) is 4.95. The Labute approximate surface area is 327 Å². The summed E-state index contributed by atoms with van der Waals surface area (Å²) in [7, 11) is 0. The maximum Gasteiger partial charge on any atom is 0.232 e. The van der Waals surface area contributed by atoms with Crippen molar-refractivity contribution in [3.05, 3.63) is 199 Å². The van der Waals surface area contributed by atoms with Crippen LogP contribution in [0.15, 0.2) is 197 Å². The Bertz CT molecular complexity index is 3360. The molecule has 2 atom stereocenters. The number of furan rings is 1. The summed E-state index contributed by atoms with van der Waals surface area (Å²) >= 11 is 0. The number of quaternary nitrogens is 1. The Hall–Kier alpha value is -7.25. The van der Waals surface area contributed by atoms with Crippen LogP contribution in [-0.2, 0) is 0 Å². The smallest absolute Gasteiger partial charge is 0.232 e. The first-order valence-corrected chi connectivity index (χ1v) is 19.5. The van der Waals surface area contributed by atoms with Crippen molar-refractivity contribution < 1.29 is 9.73 Å². The number of hydrogen-bond donors (Lipinski definition) is 2. The van der Waals surface area contributed by atoms with Crippen LogP contribution < -0.4 is 10.6 Å². The number of benzene rings is 8. The maximum absolute atomic E-state index is 7.31. The number of amidine groups is 1. The second-order valence-corrected chi connectivity index (χ2v) is 14.9.